The third-order valence-electron chi connectivity index (χ3n) is 0.818. The van der Waals surface area contributed by atoms with E-state index in [1.165, 1.54) is 4.09 Å². The molecule has 0 aliphatic rings. The molecule has 1 aromatic heterocycles. The number of aryl methyl sites for hydroxylation is 1. The smallest absolute Gasteiger partial charge is 0.268 e. The fourth-order valence-electron chi connectivity index (χ4n) is 0.397. The quantitative estimate of drug-likeness (QED) is 0.396. The van der Waals surface area contributed by atoms with E-state index in [0.717, 1.165) is 5.82 Å². The van der Waals surface area contributed by atoms with Crippen molar-refractivity contribution in [1.29, 1.82) is 0 Å². The van der Waals surface area contributed by atoms with Gasteiger partial charge in [-0.15, -0.1) is 4.09 Å². The molecule has 0 spiro atoms. The summed E-state index contributed by atoms with van der Waals surface area (Å²) in [4.78, 5) is 2.90. The molecule has 0 aliphatic carbocycles. The van der Waals surface area contributed by atoms with Gasteiger partial charge < -0.3 is 12.4 Å². The first-order valence-corrected chi connectivity index (χ1v) is 2.36. The van der Waals surface area contributed by atoms with Crippen LogP contribution in [0.15, 0.2) is 12.4 Å². The summed E-state index contributed by atoms with van der Waals surface area (Å²) >= 11 is 5.51. The van der Waals surface area contributed by atoms with Crippen molar-refractivity contribution in [2.45, 2.75) is 6.92 Å². The lowest BCUT2D eigenvalue weighted by Crippen LogP contribution is -3.00. The van der Waals surface area contributed by atoms with E-state index >= 15 is 0 Å². The van der Waals surface area contributed by atoms with E-state index in [4.69, 9.17) is 11.8 Å². The van der Waals surface area contributed by atoms with Crippen molar-refractivity contribution in [3.8, 4) is 0 Å². The van der Waals surface area contributed by atoms with Gasteiger partial charge in [0.2, 0.25) is 0 Å². The Bertz CT molecular complexity index is 144. The Morgan fingerprint density at radius 2 is 2.38 bits per heavy atom. The minimum Gasteiger partial charge on any atom is -1.00 e. The molecule has 0 radical (unpaired) electrons. The number of hydrogen-bond acceptors (Lipinski definition) is 0. The van der Waals surface area contributed by atoms with Gasteiger partial charge in [-0.05, 0) is 0 Å². The Balaban J connectivity index is 0.000000490. The summed E-state index contributed by atoms with van der Waals surface area (Å²) < 4.78 is 1.50. The SMILES string of the molecule is Cc1[nH+]ccn1Cl.[Cl-]. The first-order chi connectivity index (χ1) is 3.30. The maximum absolute atomic E-state index is 5.51. The number of hydrogen-bond donors (Lipinski definition) is 0. The van der Waals surface area contributed by atoms with Crippen LogP contribution in [-0.4, -0.2) is 4.09 Å². The van der Waals surface area contributed by atoms with E-state index in [0.29, 0.717) is 0 Å². The molecule has 0 atom stereocenters. The highest BCUT2D eigenvalue weighted by Crippen LogP contribution is 1.89. The molecule has 0 fully saturated rings. The molecule has 4 heteroatoms. The predicted octanol–water partition coefficient (Wildman–Crippen LogP) is -2.38. The zero-order chi connectivity index (χ0) is 5.28. The third-order valence-corrected chi connectivity index (χ3v) is 1.18. The summed E-state index contributed by atoms with van der Waals surface area (Å²) in [6, 6.07) is 0. The highest BCUT2D eigenvalue weighted by Gasteiger charge is 1.96. The molecule has 0 bridgehead atoms. The number of H-pyrrole nitrogens is 1. The molecule has 1 N–H and O–H groups in total. The Labute approximate surface area is 59.0 Å². The van der Waals surface area contributed by atoms with E-state index in [1.807, 2.05) is 6.92 Å². The molecule has 0 saturated carbocycles. The van der Waals surface area contributed by atoms with Gasteiger partial charge in [0.15, 0.2) is 0 Å². The Hall–Kier alpha value is -0.210. The second-order valence-electron chi connectivity index (χ2n) is 1.36. The van der Waals surface area contributed by atoms with Crippen molar-refractivity contribution in [1.82, 2.24) is 4.09 Å². The van der Waals surface area contributed by atoms with E-state index < -0.39 is 0 Å². The first-order valence-electron chi connectivity index (χ1n) is 2.02. The summed E-state index contributed by atoms with van der Waals surface area (Å²) in [6.07, 6.45) is 3.53. The van der Waals surface area contributed by atoms with E-state index in [-0.39, 0.29) is 12.4 Å². The molecule has 0 aliphatic heterocycles. The molecule has 0 saturated heterocycles. The molecule has 46 valence electrons. The van der Waals surface area contributed by atoms with Crippen LogP contribution in [0.4, 0.5) is 0 Å². The van der Waals surface area contributed by atoms with Crippen LogP contribution < -0.4 is 17.4 Å². The Morgan fingerprint density at radius 1 is 1.75 bits per heavy atom. The van der Waals surface area contributed by atoms with Crippen LogP contribution in [0, 0.1) is 6.92 Å². The summed E-state index contributed by atoms with van der Waals surface area (Å²) in [5.74, 6) is 0.946. The molecule has 1 heterocycles. The van der Waals surface area contributed by atoms with Crippen LogP contribution in [0.5, 0.6) is 0 Å². The molecule has 0 amide bonds. The van der Waals surface area contributed by atoms with E-state index in [9.17, 15) is 0 Å². The van der Waals surface area contributed by atoms with Gasteiger partial charge in [0, 0.05) is 6.92 Å². The number of imidazole rings is 1. The normalized spacial score (nSPS) is 8.25. The van der Waals surface area contributed by atoms with Crippen molar-refractivity contribution in [3.05, 3.63) is 18.2 Å². The third kappa shape index (κ3) is 1.39. The van der Waals surface area contributed by atoms with Gasteiger partial charge in [0.25, 0.3) is 5.82 Å². The molecule has 1 aromatic rings. The minimum atomic E-state index is 0. The Morgan fingerprint density at radius 3 is 2.50 bits per heavy atom. The molecular formula is C4H6Cl2N2. The van der Waals surface area contributed by atoms with Crippen LogP contribution in [0.1, 0.15) is 5.82 Å². The molecule has 0 aromatic carbocycles. The lowest BCUT2D eigenvalue weighted by atomic mass is 10.8. The summed E-state index contributed by atoms with van der Waals surface area (Å²) in [5, 5.41) is 0. The fraction of sp³-hybridized carbons (Fsp3) is 0.250. The van der Waals surface area contributed by atoms with Crippen molar-refractivity contribution < 1.29 is 17.4 Å². The largest absolute Gasteiger partial charge is 1.00 e. The number of rotatable bonds is 0. The second kappa shape index (κ2) is 2.95. The van der Waals surface area contributed by atoms with E-state index in [1.54, 1.807) is 12.4 Å². The van der Waals surface area contributed by atoms with Crippen molar-refractivity contribution >= 4 is 11.8 Å². The summed E-state index contributed by atoms with van der Waals surface area (Å²) in [6.45, 7) is 1.90. The predicted molar refractivity (Wildman–Crippen MR) is 27.0 cm³/mol. The highest BCUT2D eigenvalue weighted by molar-refractivity contribution is 6.15. The van der Waals surface area contributed by atoms with Crippen LogP contribution in [0.25, 0.3) is 0 Å². The molecular weight excluding hydrogens is 147 g/mol. The maximum atomic E-state index is 5.51. The number of aromatic nitrogens is 2. The lowest BCUT2D eigenvalue weighted by molar-refractivity contribution is -0.386. The summed E-state index contributed by atoms with van der Waals surface area (Å²) in [7, 11) is 0. The van der Waals surface area contributed by atoms with Gasteiger partial charge in [0.05, 0.1) is 0 Å². The average Bonchev–Trinajstić information content (AvgIpc) is 1.91. The second-order valence-corrected chi connectivity index (χ2v) is 1.72. The molecule has 2 nitrogen and oxygen atoms in total. The Kier molecular flexibility index (Phi) is 2.87. The molecule has 8 heavy (non-hydrogen) atoms. The number of nitrogens with zero attached hydrogens (tertiary/aromatic N) is 1. The number of aromatic amines is 1. The van der Waals surface area contributed by atoms with Gasteiger partial charge in [-0.2, -0.15) is 0 Å². The lowest BCUT2D eigenvalue weighted by Gasteiger charge is -1.72. The van der Waals surface area contributed by atoms with Gasteiger partial charge in [-0.3, -0.25) is 0 Å². The van der Waals surface area contributed by atoms with Crippen LogP contribution in [-0.2, 0) is 0 Å². The average molecular weight is 153 g/mol. The molecule has 1 rings (SSSR count). The topological polar surface area (TPSA) is 19.1 Å². The zero-order valence-electron chi connectivity index (χ0n) is 4.36. The van der Waals surface area contributed by atoms with Crippen LogP contribution >= 0.6 is 11.8 Å². The van der Waals surface area contributed by atoms with Gasteiger partial charge >= 0.3 is 0 Å². The monoisotopic (exact) mass is 152 g/mol. The summed E-state index contributed by atoms with van der Waals surface area (Å²) in [5.41, 5.74) is 0. The highest BCUT2D eigenvalue weighted by atomic mass is 35.5. The van der Waals surface area contributed by atoms with E-state index in [2.05, 4.69) is 4.98 Å². The van der Waals surface area contributed by atoms with Crippen LogP contribution in [0.2, 0.25) is 0 Å². The fourth-order valence-corrected chi connectivity index (χ4v) is 0.502. The standard InChI is InChI=1S/C4H5ClN2.ClH/c1-4-6-2-3-7(4)5;/h2-3H,1H3;1H. The van der Waals surface area contributed by atoms with Gasteiger partial charge in [0.1, 0.15) is 24.2 Å². The maximum Gasteiger partial charge on any atom is 0.268 e. The number of nitrogens with one attached hydrogen (secondary N) is 1. The molecule has 0 unspecified atom stereocenters. The van der Waals surface area contributed by atoms with Crippen molar-refractivity contribution in [2.75, 3.05) is 0 Å². The minimum absolute atomic E-state index is 0. The first kappa shape index (κ1) is 7.79. The zero-order valence-corrected chi connectivity index (χ0v) is 5.87. The van der Waals surface area contributed by atoms with Crippen LogP contribution in [0.3, 0.4) is 0 Å². The van der Waals surface area contributed by atoms with Gasteiger partial charge in [-0.25, -0.2) is 4.98 Å². The van der Waals surface area contributed by atoms with Crippen molar-refractivity contribution in [3.63, 3.8) is 0 Å². The van der Waals surface area contributed by atoms with Gasteiger partial charge in [-0.1, -0.05) is 0 Å². The number of halogens is 2. The van der Waals surface area contributed by atoms with Crippen molar-refractivity contribution in [2.24, 2.45) is 0 Å².